The van der Waals surface area contributed by atoms with E-state index in [1.165, 1.54) is 44.1 Å². The zero-order chi connectivity index (χ0) is 20.7. The van der Waals surface area contributed by atoms with Crippen molar-refractivity contribution in [3.63, 3.8) is 0 Å². The molecule has 29 heavy (non-hydrogen) atoms. The van der Waals surface area contributed by atoms with Gasteiger partial charge in [0.15, 0.2) is 0 Å². The topological polar surface area (TPSA) is 49.3 Å². The van der Waals surface area contributed by atoms with Crippen molar-refractivity contribution in [2.75, 3.05) is 5.32 Å². The molecule has 0 aliphatic rings. The average molecular weight is 390 g/mol. The number of aliphatic carboxylic acids is 1. The molecular formula is C26H31NO2. The maximum Gasteiger partial charge on any atom is 0.328 e. The summed E-state index contributed by atoms with van der Waals surface area (Å²) in [6.07, 6.45) is 11.5. The maximum atomic E-state index is 10.5. The lowest BCUT2D eigenvalue weighted by Crippen LogP contribution is -1.99. The van der Waals surface area contributed by atoms with Gasteiger partial charge >= 0.3 is 5.97 Å². The van der Waals surface area contributed by atoms with Crippen LogP contribution in [0.4, 0.5) is 5.69 Å². The fourth-order valence-electron chi connectivity index (χ4n) is 2.95. The fourth-order valence-corrected chi connectivity index (χ4v) is 2.95. The molecule has 0 atom stereocenters. The molecule has 3 nitrogen and oxygen atoms in total. The first-order valence-corrected chi connectivity index (χ1v) is 10.5. The first-order chi connectivity index (χ1) is 14.2. The summed E-state index contributed by atoms with van der Waals surface area (Å²) in [7, 11) is 0. The second-order valence-electron chi connectivity index (χ2n) is 7.16. The van der Waals surface area contributed by atoms with Gasteiger partial charge in [0, 0.05) is 30.3 Å². The van der Waals surface area contributed by atoms with E-state index in [2.05, 4.69) is 48.3 Å². The van der Waals surface area contributed by atoms with Crippen LogP contribution >= 0.6 is 0 Å². The second kappa shape index (κ2) is 13.2. The predicted molar refractivity (Wildman–Crippen MR) is 122 cm³/mol. The van der Waals surface area contributed by atoms with E-state index < -0.39 is 5.97 Å². The molecule has 0 saturated heterocycles. The number of unbranched alkanes of at least 4 members (excludes halogenated alkanes) is 6. The zero-order valence-corrected chi connectivity index (χ0v) is 17.3. The Kier molecular flexibility index (Phi) is 10.2. The molecule has 2 rings (SSSR count). The van der Waals surface area contributed by atoms with E-state index in [1.807, 2.05) is 24.3 Å². The van der Waals surface area contributed by atoms with Gasteiger partial charge in [0.1, 0.15) is 0 Å². The highest BCUT2D eigenvalue weighted by Crippen LogP contribution is 2.13. The monoisotopic (exact) mass is 389 g/mol. The number of benzene rings is 2. The number of nitrogens with one attached hydrogen (secondary N) is 1. The van der Waals surface area contributed by atoms with Crippen LogP contribution in [-0.2, 0) is 11.3 Å². The van der Waals surface area contributed by atoms with E-state index in [-0.39, 0.29) is 0 Å². The van der Waals surface area contributed by atoms with Crippen LogP contribution in [-0.4, -0.2) is 11.1 Å². The van der Waals surface area contributed by atoms with Gasteiger partial charge in [-0.2, -0.15) is 0 Å². The highest BCUT2D eigenvalue weighted by atomic mass is 16.4. The van der Waals surface area contributed by atoms with Crippen LogP contribution in [0.5, 0.6) is 0 Å². The highest BCUT2D eigenvalue weighted by Gasteiger charge is 1.96. The van der Waals surface area contributed by atoms with Crippen molar-refractivity contribution >= 4 is 17.7 Å². The lowest BCUT2D eigenvalue weighted by Gasteiger charge is -2.07. The average Bonchev–Trinajstić information content (AvgIpc) is 2.74. The largest absolute Gasteiger partial charge is 0.478 e. The zero-order valence-electron chi connectivity index (χ0n) is 17.3. The number of rotatable bonds is 11. The minimum absolute atomic E-state index is 0.732. The molecule has 0 amide bonds. The van der Waals surface area contributed by atoms with Gasteiger partial charge in [-0.1, -0.05) is 75.1 Å². The van der Waals surface area contributed by atoms with Gasteiger partial charge in [-0.3, -0.25) is 0 Å². The maximum absolute atomic E-state index is 10.5. The van der Waals surface area contributed by atoms with Gasteiger partial charge < -0.3 is 10.4 Å². The highest BCUT2D eigenvalue weighted by molar-refractivity contribution is 5.85. The first kappa shape index (κ1) is 22.3. The molecule has 2 N–H and O–H groups in total. The molecule has 0 saturated carbocycles. The van der Waals surface area contributed by atoms with E-state index in [4.69, 9.17) is 5.11 Å². The Bertz CT molecular complexity index is 824. The summed E-state index contributed by atoms with van der Waals surface area (Å²) in [6.45, 7) is 2.98. The normalized spacial score (nSPS) is 10.5. The van der Waals surface area contributed by atoms with E-state index in [0.717, 1.165) is 35.9 Å². The van der Waals surface area contributed by atoms with Crippen LogP contribution in [0.2, 0.25) is 0 Å². The number of carboxylic acids is 1. The smallest absolute Gasteiger partial charge is 0.328 e. The molecule has 152 valence electrons. The van der Waals surface area contributed by atoms with Crippen LogP contribution < -0.4 is 5.32 Å². The summed E-state index contributed by atoms with van der Waals surface area (Å²) < 4.78 is 0. The quantitative estimate of drug-likeness (QED) is 0.262. The van der Waals surface area contributed by atoms with Gasteiger partial charge in [-0.25, -0.2) is 4.79 Å². The molecule has 0 unspecified atom stereocenters. The van der Waals surface area contributed by atoms with Crippen LogP contribution in [0.25, 0.3) is 6.08 Å². The van der Waals surface area contributed by atoms with Gasteiger partial charge in [-0.15, -0.1) is 0 Å². The summed E-state index contributed by atoms with van der Waals surface area (Å²) >= 11 is 0. The molecular weight excluding hydrogens is 358 g/mol. The van der Waals surface area contributed by atoms with E-state index in [1.54, 1.807) is 6.08 Å². The van der Waals surface area contributed by atoms with Crippen LogP contribution in [0.1, 0.15) is 68.6 Å². The third-order valence-corrected chi connectivity index (χ3v) is 4.67. The fraction of sp³-hybridized carbons (Fsp3) is 0.346. The van der Waals surface area contributed by atoms with Crippen LogP contribution in [0.15, 0.2) is 54.6 Å². The third-order valence-electron chi connectivity index (χ3n) is 4.67. The summed E-state index contributed by atoms with van der Waals surface area (Å²) in [5, 5.41) is 12.0. The molecule has 0 aromatic heterocycles. The molecule has 0 spiro atoms. The van der Waals surface area contributed by atoms with Gasteiger partial charge in [0.05, 0.1) is 0 Å². The third kappa shape index (κ3) is 9.67. The number of carbonyl (C=O) groups is 1. The number of carboxylic acid groups (broad SMARTS) is 1. The molecule has 2 aromatic carbocycles. The number of hydrogen-bond acceptors (Lipinski definition) is 2. The van der Waals surface area contributed by atoms with E-state index in [0.29, 0.717) is 0 Å². The lowest BCUT2D eigenvalue weighted by molar-refractivity contribution is -0.131. The lowest BCUT2D eigenvalue weighted by atomic mass is 10.1. The molecule has 0 fully saturated rings. The Hall–Kier alpha value is -2.99. The van der Waals surface area contributed by atoms with Crippen molar-refractivity contribution in [1.29, 1.82) is 0 Å². The number of hydrogen-bond donors (Lipinski definition) is 2. The van der Waals surface area contributed by atoms with Crippen molar-refractivity contribution in [2.24, 2.45) is 0 Å². The molecule has 0 aliphatic heterocycles. The standard InChI is InChI=1S/C26H31NO2/c1-2-3-4-5-6-7-8-9-10-22-11-13-24(14-12-22)21-27-25-18-15-23(16-19-25)17-20-26(28)29/h11-20,27H,2-8,21H2,1H3,(H,28,29). The first-order valence-electron chi connectivity index (χ1n) is 10.5. The van der Waals surface area contributed by atoms with Gasteiger partial charge in [0.25, 0.3) is 0 Å². The van der Waals surface area contributed by atoms with Gasteiger partial charge in [0.2, 0.25) is 0 Å². The molecule has 0 aliphatic carbocycles. The SMILES string of the molecule is CCCCCCCCC#Cc1ccc(CNc2ccc(C=CC(=O)O)cc2)cc1. The Balaban J connectivity index is 1.72. The summed E-state index contributed by atoms with van der Waals surface area (Å²) in [6, 6.07) is 16.0. The van der Waals surface area contributed by atoms with Crippen molar-refractivity contribution in [1.82, 2.24) is 0 Å². The van der Waals surface area contributed by atoms with E-state index in [9.17, 15) is 4.79 Å². The minimum Gasteiger partial charge on any atom is -0.478 e. The summed E-state index contributed by atoms with van der Waals surface area (Å²) in [4.78, 5) is 10.5. The molecule has 3 heteroatoms. The van der Waals surface area contributed by atoms with Crippen LogP contribution in [0, 0.1) is 11.8 Å². The van der Waals surface area contributed by atoms with E-state index >= 15 is 0 Å². The second-order valence-corrected chi connectivity index (χ2v) is 7.16. The van der Waals surface area contributed by atoms with Crippen molar-refractivity contribution in [3.05, 3.63) is 71.3 Å². The Morgan fingerprint density at radius 3 is 2.34 bits per heavy atom. The summed E-state index contributed by atoms with van der Waals surface area (Å²) in [5.41, 5.74) is 4.12. The van der Waals surface area contributed by atoms with Crippen molar-refractivity contribution in [2.45, 2.75) is 58.4 Å². The van der Waals surface area contributed by atoms with Crippen molar-refractivity contribution < 1.29 is 9.90 Å². The van der Waals surface area contributed by atoms with Crippen molar-refractivity contribution in [3.8, 4) is 11.8 Å². The summed E-state index contributed by atoms with van der Waals surface area (Å²) in [5.74, 6) is 5.60. The Morgan fingerprint density at radius 2 is 1.66 bits per heavy atom. The minimum atomic E-state index is -0.942. The Morgan fingerprint density at radius 1 is 0.966 bits per heavy atom. The van der Waals surface area contributed by atoms with Gasteiger partial charge in [-0.05, 0) is 47.9 Å². The Labute approximate surface area is 174 Å². The van der Waals surface area contributed by atoms with Crippen LogP contribution in [0.3, 0.4) is 0 Å². The predicted octanol–water partition coefficient (Wildman–Crippen LogP) is 6.50. The molecule has 0 heterocycles. The molecule has 0 radical (unpaired) electrons. The number of anilines is 1. The molecule has 2 aromatic rings. The molecule has 0 bridgehead atoms.